The Labute approximate surface area is 229 Å². The Morgan fingerprint density at radius 1 is 1.13 bits per heavy atom. The summed E-state index contributed by atoms with van der Waals surface area (Å²) in [6.07, 6.45) is 6.58. The van der Waals surface area contributed by atoms with E-state index in [4.69, 9.17) is 5.84 Å². The van der Waals surface area contributed by atoms with Crippen LogP contribution in [0.2, 0.25) is 0 Å². The molecule has 0 bridgehead atoms. The second kappa shape index (κ2) is 15.1. The minimum absolute atomic E-state index is 0.0539. The van der Waals surface area contributed by atoms with Crippen LogP contribution in [0.4, 0.5) is 4.79 Å². The molecule has 1 aromatic rings. The molecular formula is C27H41N7O5. The van der Waals surface area contributed by atoms with E-state index in [-0.39, 0.29) is 12.5 Å². The number of carbonyl (C=O) groups is 4. The Balaban J connectivity index is 1.83. The lowest BCUT2D eigenvalue weighted by Crippen LogP contribution is -2.60. The van der Waals surface area contributed by atoms with Gasteiger partial charge in [-0.25, -0.2) is 9.59 Å². The first-order valence-electron chi connectivity index (χ1n) is 13.6. The summed E-state index contributed by atoms with van der Waals surface area (Å²) in [6, 6.07) is 5.42. The number of urea groups is 1. The first kappa shape index (κ1) is 29.9. The Hall–Kier alpha value is -3.67. The minimum Gasteiger partial charge on any atom is -0.480 e. The van der Waals surface area contributed by atoms with Crippen molar-refractivity contribution in [1.82, 2.24) is 25.8 Å². The zero-order valence-electron chi connectivity index (χ0n) is 22.6. The number of amides is 4. The van der Waals surface area contributed by atoms with Gasteiger partial charge in [-0.2, -0.15) is 5.10 Å². The number of likely N-dealkylation sites (N-methyl/N-ethyl adjacent to an activating group) is 1. The van der Waals surface area contributed by atoms with Crippen molar-refractivity contribution >= 4 is 30.0 Å². The van der Waals surface area contributed by atoms with Gasteiger partial charge < -0.3 is 36.7 Å². The van der Waals surface area contributed by atoms with Gasteiger partial charge >= 0.3 is 12.0 Å². The number of piperidine rings is 1. The molecule has 0 aromatic heterocycles. The molecule has 4 amide bonds. The fraction of sp³-hybridized carbons (Fsp3) is 0.593. The van der Waals surface area contributed by atoms with E-state index in [1.165, 1.54) is 6.21 Å². The van der Waals surface area contributed by atoms with Crippen molar-refractivity contribution in [3.8, 4) is 0 Å². The molecule has 4 atom stereocenters. The molecule has 39 heavy (non-hydrogen) atoms. The van der Waals surface area contributed by atoms with Gasteiger partial charge in [0.2, 0.25) is 11.8 Å². The van der Waals surface area contributed by atoms with Crippen LogP contribution in [0.15, 0.2) is 35.4 Å². The monoisotopic (exact) mass is 543 g/mol. The molecule has 12 nitrogen and oxygen atoms in total. The van der Waals surface area contributed by atoms with E-state index in [2.05, 4.69) is 21.1 Å². The molecule has 6 N–H and O–H groups in total. The maximum Gasteiger partial charge on any atom is 0.326 e. The fourth-order valence-corrected chi connectivity index (χ4v) is 5.15. The Morgan fingerprint density at radius 2 is 1.82 bits per heavy atom. The lowest BCUT2D eigenvalue weighted by atomic mass is 9.95. The molecule has 2 aliphatic rings. The molecule has 1 aromatic carbocycles. The predicted octanol–water partition coefficient (Wildman–Crippen LogP) is 0.524. The first-order valence-corrected chi connectivity index (χ1v) is 13.6. The summed E-state index contributed by atoms with van der Waals surface area (Å²) < 4.78 is 0. The number of aliphatic carboxylic acids is 1. The van der Waals surface area contributed by atoms with Crippen LogP contribution in [-0.4, -0.2) is 96.3 Å². The van der Waals surface area contributed by atoms with E-state index < -0.39 is 41.8 Å². The maximum absolute atomic E-state index is 13.8. The number of rotatable bonds is 10. The Morgan fingerprint density at radius 3 is 2.41 bits per heavy atom. The standard InChI is InChI=1S/C27H41N7O5/c1-33(20-12-9-13-29-17-20)24(35)21(18-30-28)23(25(36)34-14-7-2-3-8-15-34)32-27(39)31-22(26(37)38)16-19-10-5-4-6-11-19/h4-6,10-11,18,20-23,29H,2-3,7-9,12-17,28H2,1H3,(H,37,38)(H2,31,32,39)/t20-,21+,22+,23?/m0/s1. The van der Waals surface area contributed by atoms with Gasteiger partial charge in [0.1, 0.15) is 18.0 Å². The number of hydrogen-bond acceptors (Lipinski definition) is 7. The first-order chi connectivity index (χ1) is 18.8. The van der Waals surface area contributed by atoms with E-state index >= 15 is 0 Å². The quantitative estimate of drug-likeness (QED) is 0.163. The van der Waals surface area contributed by atoms with Crippen LogP contribution in [-0.2, 0) is 20.8 Å². The van der Waals surface area contributed by atoms with Crippen LogP contribution in [0.25, 0.3) is 0 Å². The zero-order valence-corrected chi connectivity index (χ0v) is 22.6. The molecule has 2 fully saturated rings. The van der Waals surface area contributed by atoms with E-state index in [0.717, 1.165) is 50.6 Å². The molecule has 2 aliphatic heterocycles. The molecule has 12 heteroatoms. The van der Waals surface area contributed by atoms with Gasteiger partial charge in [-0.15, -0.1) is 0 Å². The van der Waals surface area contributed by atoms with Crippen LogP contribution in [0.1, 0.15) is 44.1 Å². The van der Waals surface area contributed by atoms with Crippen LogP contribution in [0.5, 0.6) is 0 Å². The summed E-state index contributed by atoms with van der Waals surface area (Å²) in [7, 11) is 1.67. The van der Waals surface area contributed by atoms with Crippen molar-refractivity contribution in [3.05, 3.63) is 35.9 Å². The number of benzene rings is 1. The summed E-state index contributed by atoms with van der Waals surface area (Å²) >= 11 is 0. The van der Waals surface area contributed by atoms with Crippen LogP contribution in [0.3, 0.4) is 0 Å². The van der Waals surface area contributed by atoms with Crippen molar-refractivity contribution in [2.75, 3.05) is 33.2 Å². The fourth-order valence-electron chi connectivity index (χ4n) is 5.15. The van der Waals surface area contributed by atoms with Gasteiger partial charge in [0, 0.05) is 45.4 Å². The molecule has 0 saturated carbocycles. The largest absolute Gasteiger partial charge is 0.480 e. The molecule has 0 radical (unpaired) electrons. The third-order valence-corrected chi connectivity index (χ3v) is 7.41. The Kier molecular flexibility index (Phi) is 11.5. The summed E-state index contributed by atoms with van der Waals surface area (Å²) in [5, 5.41) is 21.7. The number of carbonyl (C=O) groups excluding carboxylic acids is 3. The van der Waals surface area contributed by atoms with E-state index in [0.29, 0.717) is 19.6 Å². The minimum atomic E-state index is -1.31. The average molecular weight is 544 g/mol. The van der Waals surface area contributed by atoms with Crippen LogP contribution >= 0.6 is 0 Å². The molecule has 1 unspecified atom stereocenters. The van der Waals surface area contributed by atoms with Crippen molar-refractivity contribution in [1.29, 1.82) is 0 Å². The molecule has 2 saturated heterocycles. The van der Waals surface area contributed by atoms with Crippen molar-refractivity contribution in [3.63, 3.8) is 0 Å². The SMILES string of the molecule is CN(C(=O)[C@H](C=NN)C(NC(=O)N[C@H](Cc1ccccc1)C(=O)O)C(=O)N1CCCCCC1)[C@H]1CCCNC1. The third kappa shape index (κ3) is 8.67. The molecule has 2 heterocycles. The lowest BCUT2D eigenvalue weighted by molar-refractivity contribution is -0.141. The second-order valence-electron chi connectivity index (χ2n) is 10.2. The number of nitrogens with zero attached hydrogens (tertiary/aromatic N) is 3. The normalized spacial score (nSPS) is 20.3. The highest BCUT2D eigenvalue weighted by atomic mass is 16.4. The van der Waals surface area contributed by atoms with E-state index in [1.807, 2.05) is 6.07 Å². The number of likely N-dealkylation sites (tertiary alicyclic amines) is 1. The number of carboxylic acids is 1. The van der Waals surface area contributed by atoms with Gasteiger partial charge in [0.15, 0.2) is 0 Å². The average Bonchev–Trinajstić information content (AvgIpc) is 3.24. The van der Waals surface area contributed by atoms with Crippen molar-refractivity contribution < 1.29 is 24.3 Å². The summed E-state index contributed by atoms with van der Waals surface area (Å²) in [5.74, 6) is 2.28. The van der Waals surface area contributed by atoms with Gasteiger partial charge in [0.05, 0.1) is 0 Å². The molecule has 0 aliphatic carbocycles. The summed E-state index contributed by atoms with van der Waals surface area (Å²) in [5.41, 5.74) is 0.730. The summed E-state index contributed by atoms with van der Waals surface area (Å²) in [6.45, 7) is 2.51. The second-order valence-corrected chi connectivity index (χ2v) is 10.2. The highest BCUT2D eigenvalue weighted by molar-refractivity contribution is 6.02. The number of nitrogens with one attached hydrogen (secondary N) is 3. The number of hydrazone groups is 1. The number of nitrogens with two attached hydrogens (primary N) is 1. The van der Waals surface area contributed by atoms with Crippen LogP contribution in [0, 0.1) is 5.92 Å². The highest BCUT2D eigenvalue weighted by Crippen LogP contribution is 2.18. The molecule has 214 valence electrons. The Bertz CT molecular complexity index is 991. The van der Waals surface area contributed by atoms with Gasteiger partial charge in [0.25, 0.3) is 0 Å². The van der Waals surface area contributed by atoms with Gasteiger partial charge in [-0.1, -0.05) is 43.2 Å². The highest BCUT2D eigenvalue weighted by Gasteiger charge is 2.40. The number of carboxylic acid groups (broad SMARTS) is 1. The third-order valence-electron chi connectivity index (χ3n) is 7.41. The molecule has 0 spiro atoms. The topological polar surface area (TPSA) is 169 Å². The molecule has 3 rings (SSSR count). The predicted molar refractivity (Wildman–Crippen MR) is 147 cm³/mol. The van der Waals surface area contributed by atoms with Crippen LogP contribution < -0.4 is 21.8 Å². The van der Waals surface area contributed by atoms with E-state index in [9.17, 15) is 24.3 Å². The van der Waals surface area contributed by atoms with Gasteiger partial charge in [-0.05, 0) is 37.8 Å². The molecular weight excluding hydrogens is 502 g/mol. The van der Waals surface area contributed by atoms with Crippen molar-refractivity contribution in [2.24, 2.45) is 16.9 Å². The smallest absolute Gasteiger partial charge is 0.326 e. The zero-order chi connectivity index (χ0) is 28.2. The maximum atomic E-state index is 13.8. The summed E-state index contributed by atoms with van der Waals surface area (Å²) in [4.78, 5) is 55.8. The van der Waals surface area contributed by atoms with Crippen molar-refractivity contribution in [2.45, 2.75) is 63.1 Å². The van der Waals surface area contributed by atoms with Gasteiger partial charge in [-0.3, -0.25) is 9.59 Å². The van der Waals surface area contributed by atoms with E-state index in [1.54, 1.807) is 41.1 Å². The lowest BCUT2D eigenvalue weighted by Gasteiger charge is -2.36. The number of hydrogen-bond donors (Lipinski definition) is 5.